The summed E-state index contributed by atoms with van der Waals surface area (Å²) in [7, 11) is 0. The number of carbonyl (C=O) groups is 2. The van der Waals surface area contributed by atoms with Crippen LogP contribution in [-0.2, 0) is 4.79 Å². The lowest BCUT2D eigenvalue weighted by atomic mass is 10.1. The Hall–Kier alpha value is -3.25. The van der Waals surface area contributed by atoms with Crippen LogP contribution in [0.5, 0.6) is 0 Å². The number of amides is 2. The summed E-state index contributed by atoms with van der Waals surface area (Å²) < 4.78 is 0. The largest absolute Gasteiger partial charge is 0.321 e. The highest BCUT2D eigenvalue weighted by Gasteiger charge is 2.43. The van der Waals surface area contributed by atoms with Gasteiger partial charge in [-0.1, -0.05) is 48.5 Å². The van der Waals surface area contributed by atoms with E-state index in [9.17, 15) is 9.59 Å². The van der Waals surface area contributed by atoms with Gasteiger partial charge in [0.15, 0.2) is 0 Å². The molecule has 0 saturated heterocycles. The zero-order valence-corrected chi connectivity index (χ0v) is 16.8. The normalized spacial score (nSPS) is 18.2. The molecule has 6 heteroatoms. The van der Waals surface area contributed by atoms with Crippen molar-refractivity contribution in [1.29, 1.82) is 0 Å². The minimum absolute atomic E-state index is 0.0228. The van der Waals surface area contributed by atoms with Gasteiger partial charge in [-0.25, -0.2) is 5.43 Å². The van der Waals surface area contributed by atoms with Crippen LogP contribution < -0.4 is 10.7 Å². The molecule has 0 bridgehead atoms. The summed E-state index contributed by atoms with van der Waals surface area (Å²) in [4.78, 5) is 25.3. The van der Waals surface area contributed by atoms with E-state index in [0.717, 1.165) is 12.0 Å². The van der Waals surface area contributed by atoms with Crippen LogP contribution in [0, 0.1) is 5.92 Å². The van der Waals surface area contributed by atoms with E-state index in [-0.39, 0.29) is 23.7 Å². The lowest BCUT2D eigenvalue weighted by Crippen LogP contribution is -2.21. The Kier molecular flexibility index (Phi) is 5.53. The van der Waals surface area contributed by atoms with Crippen LogP contribution in [0.4, 0.5) is 5.69 Å². The maximum atomic E-state index is 12.4. The Morgan fingerprint density at radius 3 is 2.62 bits per heavy atom. The summed E-state index contributed by atoms with van der Waals surface area (Å²) >= 11 is 1.40. The van der Waals surface area contributed by atoms with Crippen molar-refractivity contribution in [2.45, 2.75) is 19.3 Å². The monoisotopic (exact) mass is 403 g/mol. The number of hydrazone groups is 1. The molecule has 2 aromatic carbocycles. The Bertz CT molecular complexity index is 1050. The predicted molar refractivity (Wildman–Crippen MR) is 116 cm³/mol. The highest BCUT2D eigenvalue weighted by Crippen LogP contribution is 2.47. The first-order valence-corrected chi connectivity index (χ1v) is 10.3. The number of nitrogens with one attached hydrogen (secondary N) is 2. The maximum absolute atomic E-state index is 12.4. The highest BCUT2D eigenvalue weighted by molar-refractivity contribution is 7.12. The number of benzene rings is 2. The van der Waals surface area contributed by atoms with Crippen molar-refractivity contribution in [3.05, 3.63) is 88.1 Å². The second-order valence-electron chi connectivity index (χ2n) is 7.04. The standard InChI is InChI=1S/C23H21N3O2S/c1-15(25-26-22(27)20-14-19(20)16-7-3-2-4-8-16)17-9-5-10-18(13-17)24-23(28)21-11-6-12-29-21/h2-13,19-20H,14H2,1H3,(H,24,28)(H,26,27)/t19-,20-/m0/s1. The smallest absolute Gasteiger partial charge is 0.265 e. The molecule has 1 aliphatic rings. The topological polar surface area (TPSA) is 70.6 Å². The van der Waals surface area contributed by atoms with Gasteiger partial charge in [-0.3, -0.25) is 9.59 Å². The average Bonchev–Trinajstić information content (AvgIpc) is 3.36. The number of thiophene rings is 1. The fourth-order valence-electron chi connectivity index (χ4n) is 3.26. The molecule has 0 spiro atoms. The van der Waals surface area contributed by atoms with Gasteiger partial charge in [-0.05, 0) is 54.0 Å². The molecule has 5 nitrogen and oxygen atoms in total. The molecule has 1 heterocycles. The zero-order chi connectivity index (χ0) is 20.2. The van der Waals surface area contributed by atoms with E-state index in [1.54, 1.807) is 6.07 Å². The van der Waals surface area contributed by atoms with Crippen molar-refractivity contribution >= 4 is 34.6 Å². The fourth-order valence-corrected chi connectivity index (χ4v) is 3.88. The van der Waals surface area contributed by atoms with Crippen molar-refractivity contribution in [2.75, 3.05) is 5.32 Å². The number of rotatable bonds is 6. The Morgan fingerprint density at radius 2 is 1.86 bits per heavy atom. The molecule has 3 aromatic rings. The van der Waals surface area contributed by atoms with Gasteiger partial charge >= 0.3 is 0 Å². The Labute approximate surface area is 173 Å². The van der Waals surface area contributed by atoms with Crippen molar-refractivity contribution in [3.8, 4) is 0 Å². The van der Waals surface area contributed by atoms with E-state index in [0.29, 0.717) is 16.3 Å². The van der Waals surface area contributed by atoms with Gasteiger partial charge in [0.05, 0.1) is 10.6 Å². The molecule has 2 amide bonds. The molecule has 1 aliphatic carbocycles. The summed E-state index contributed by atoms with van der Waals surface area (Å²) in [6, 6.07) is 21.1. The summed E-state index contributed by atoms with van der Waals surface area (Å²) in [6.07, 6.45) is 0.856. The number of hydrogen-bond acceptors (Lipinski definition) is 4. The van der Waals surface area contributed by atoms with Crippen LogP contribution in [0.15, 0.2) is 77.2 Å². The SMILES string of the molecule is CC(=NNC(=O)[C@H]1C[C@H]1c1ccccc1)c1cccc(NC(=O)c2cccs2)c1. The van der Waals surface area contributed by atoms with E-state index in [1.165, 1.54) is 16.9 Å². The first-order chi connectivity index (χ1) is 14.1. The van der Waals surface area contributed by atoms with Gasteiger partial charge in [0.25, 0.3) is 5.91 Å². The molecule has 2 N–H and O–H groups in total. The van der Waals surface area contributed by atoms with Crippen molar-refractivity contribution < 1.29 is 9.59 Å². The zero-order valence-electron chi connectivity index (χ0n) is 16.0. The van der Waals surface area contributed by atoms with E-state index in [4.69, 9.17) is 0 Å². The average molecular weight is 404 g/mol. The molecule has 4 rings (SSSR count). The molecule has 1 fully saturated rings. The summed E-state index contributed by atoms with van der Waals surface area (Å²) in [5.74, 6) is 0.0638. The number of anilines is 1. The highest BCUT2D eigenvalue weighted by atomic mass is 32.1. The van der Waals surface area contributed by atoms with Crippen molar-refractivity contribution in [3.63, 3.8) is 0 Å². The Morgan fingerprint density at radius 1 is 1.03 bits per heavy atom. The third-order valence-corrected chi connectivity index (χ3v) is 5.84. The lowest BCUT2D eigenvalue weighted by molar-refractivity contribution is -0.122. The van der Waals surface area contributed by atoms with Gasteiger partial charge < -0.3 is 5.32 Å². The molecule has 1 aromatic heterocycles. The molecule has 1 saturated carbocycles. The third kappa shape index (κ3) is 4.60. The van der Waals surface area contributed by atoms with E-state index >= 15 is 0 Å². The summed E-state index contributed by atoms with van der Waals surface area (Å²) in [5, 5.41) is 9.01. The molecule has 29 heavy (non-hydrogen) atoms. The molecular formula is C23H21N3O2S. The van der Waals surface area contributed by atoms with Gasteiger partial charge in [-0.15, -0.1) is 11.3 Å². The second-order valence-corrected chi connectivity index (χ2v) is 7.99. The molecule has 2 atom stereocenters. The van der Waals surface area contributed by atoms with Crippen LogP contribution in [-0.4, -0.2) is 17.5 Å². The molecule has 0 aliphatic heterocycles. The van der Waals surface area contributed by atoms with Crippen LogP contribution >= 0.6 is 11.3 Å². The van der Waals surface area contributed by atoms with Crippen LogP contribution in [0.1, 0.15) is 40.1 Å². The minimum Gasteiger partial charge on any atom is -0.321 e. The third-order valence-electron chi connectivity index (χ3n) is 4.97. The number of nitrogens with zero attached hydrogens (tertiary/aromatic N) is 1. The van der Waals surface area contributed by atoms with Gasteiger partial charge in [0.1, 0.15) is 0 Å². The van der Waals surface area contributed by atoms with Crippen LogP contribution in [0.25, 0.3) is 0 Å². The summed E-state index contributed by atoms with van der Waals surface area (Å²) in [5.41, 5.74) is 6.09. The van der Waals surface area contributed by atoms with E-state index < -0.39 is 0 Å². The molecule has 0 radical (unpaired) electrons. The Balaban J connectivity index is 1.37. The van der Waals surface area contributed by atoms with E-state index in [1.807, 2.05) is 60.8 Å². The van der Waals surface area contributed by atoms with Crippen molar-refractivity contribution in [1.82, 2.24) is 5.43 Å². The van der Waals surface area contributed by atoms with Gasteiger partial charge in [0.2, 0.25) is 5.91 Å². The summed E-state index contributed by atoms with van der Waals surface area (Å²) in [6.45, 7) is 1.84. The van der Waals surface area contributed by atoms with E-state index in [2.05, 4.69) is 28.0 Å². The second kappa shape index (κ2) is 8.41. The van der Waals surface area contributed by atoms with Gasteiger partial charge in [-0.2, -0.15) is 5.10 Å². The predicted octanol–water partition coefficient (Wildman–Crippen LogP) is 4.64. The van der Waals surface area contributed by atoms with Crippen molar-refractivity contribution in [2.24, 2.45) is 11.0 Å². The van der Waals surface area contributed by atoms with Crippen LogP contribution in [0.2, 0.25) is 0 Å². The minimum atomic E-state index is -0.138. The quantitative estimate of drug-likeness (QED) is 0.465. The molecule has 146 valence electrons. The first-order valence-electron chi connectivity index (χ1n) is 9.46. The van der Waals surface area contributed by atoms with Gasteiger partial charge in [0, 0.05) is 11.6 Å². The van der Waals surface area contributed by atoms with Crippen LogP contribution in [0.3, 0.4) is 0 Å². The first kappa shape index (κ1) is 19.1. The number of hydrogen-bond donors (Lipinski definition) is 2. The fraction of sp³-hybridized carbons (Fsp3) is 0.174. The maximum Gasteiger partial charge on any atom is 0.265 e. The number of carbonyl (C=O) groups excluding carboxylic acids is 2. The molecular weight excluding hydrogens is 382 g/mol. The molecule has 0 unspecified atom stereocenters. The lowest BCUT2D eigenvalue weighted by Gasteiger charge is -2.07.